The van der Waals surface area contributed by atoms with Crippen LogP contribution in [0.1, 0.15) is 155 Å². The summed E-state index contributed by atoms with van der Waals surface area (Å²) in [4.78, 5) is 12.4. The van der Waals surface area contributed by atoms with E-state index in [-0.39, 0.29) is 19.6 Å². The summed E-state index contributed by atoms with van der Waals surface area (Å²) in [5, 5.41) is 30.3. The zero-order chi connectivity index (χ0) is 39.7. The maximum absolute atomic E-state index is 12.4. The number of rotatable bonds is 35. The average molecular weight is 791 g/mol. The van der Waals surface area contributed by atoms with Crippen LogP contribution in [0.25, 0.3) is 0 Å². The first-order valence-corrected chi connectivity index (χ1v) is 22.1. The predicted molar refractivity (Wildman–Crippen MR) is 211 cm³/mol. The van der Waals surface area contributed by atoms with Gasteiger partial charge in [0, 0.05) is 13.0 Å². The summed E-state index contributed by atoms with van der Waals surface area (Å²) in [6.07, 6.45) is 28.7. The Morgan fingerprint density at radius 1 is 0.704 bits per heavy atom. The summed E-state index contributed by atoms with van der Waals surface area (Å²) < 4.78 is 58.4. The minimum Gasteiger partial charge on any atom is -0.457 e. The van der Waals surface area contributed by atoms with Gasteiger partial charge in [0.2, 0.25) is 0 Å². The number of hydrogen-bond donors (Lipinski definition) is 4. The molecule has 0 spiro atoms. The Balaban J connectivity index is 2.22. The molecule has 0 amide bonds. The van der Waals surface area contributed by atoms with Crippen LogP contribution in [0.3, 0.4) is 0 Å². The largest absolute Gasteiger partial charge is 0.457 e. The number of hydrogen-bond acceptors (Lipinski definition) is 11. The van der Waals surface area contributed by atoms with E-state index < -0.39 is 59.8 Å². The third kappa shape index (κ3) is 27.0. The maximum atomic E-state index is 12.4. The molecular formula is C41H74O12S. The molecule has 0 aromatic heterocycles. The van der Waals surface area contributed by atoms with Gasteiger partial charge in [-0.1, -0.05) is 134 Å². The lowest BCUT2D eigenvalue weighted by atomic mass is 9.99. The van der Waals surface area contributed by atoms with Crippen molar-refractivity contribution in [2.75, 3.05) is 26.4 Å². The van der Waals surface area contributed by atoms with Crippen molar-refractivity contribution in [3.63, 3.8) is 0 Å². The average Bonchev–Trinajstić information content (AvgIpc) is 3.14. The first-order valence-electron chi connectivity index (χ1n) is 20.7. The van der Waals surface area contributed by atoms with Crippen LogP contribution < -0.4 is 0 Å². The van der Waals surface area contributed by atoms with Crippen LogP contribution in [-0.4, -0.2) is 97.5 Å². The molecule has 0 saturated carbocycles. The minimum absolute atomic E-state index is 0.0299. The number of aliphatic hydroxyl groups excluding tert-OH is 3. The molecule has 1 heterocycles. The zero-order valence-electron chi connectivity index (χ0n) is 33.3. The fourth-order valence-electron chi connectivity index (χ4n) is 6.09. The molecule has 0 aromatic carbocycles. The smallest absolute Gasteiger partial charge is 0.397 e. The molecule has 13 heteroatoms. The Morgan fingerprint density at radius 2 is 1.22 bits per heavy atom. The Kier molecular flexibility index (Phi) is 31.2. The second-order valence-corrected chi connectivity index (χ2v) is 15.3. The van der Waals surface area contributed by atoms with Gasteiger partial charge in [0.1, 0.15) is 30.5 Å². The highest BCUT2D eigenvalue weighted by Crippen LogP contribution is 2.26. The number of carbonyl (C=O) groups excluding carboxylic acids is 1. The van der Waals surface area contributed by atoms with Crippen molar-refractivity contribution >= 4 is 16.4 Å². The third-order valence-electron chi connectivity index (χ3n) is 9.27. The first-order chi connectivity index (χ1) is 26.1. The first kappa shape index (κ1) is 50.3. The number of unbranched alkanes of at least 4 members (excludes halogenated alkanes) is 16. The van der Waals surface area contributed by atoms with Crippen molar-refractivity contribution in [3.05, 3.63) is 36.5 Å². The van der Waals surface area contributed by atoms with E-state index in [1.807, 2.05) is 6.92 Å². The van der Waals surface area contributed by atoms with Gasteiger partial charge in [0.05, 0.1) is 19.8 Å². The Bertz CT molecular complexity index is 1100. The molecule has 6 atom stereocenters. The zero-order valence-corrected chi connectivity index (χ0v) is 34.1. The van der Waals surface area contributed by atoms with E-state index in [0.717, 1.165) is 51.4 Å². The lowest BCUT2D eigenvalue weighted by molar-refractivity contribution is -0.301. The van der Waals surface area contributed by atoms with Crippen molar-refractivity contribution in [1.82, 2.24) is 0 Å². The van der Waals surface area contributed by atoms with Crippen molar-refractivity contribution in [2.24, 2.45) is 0 Å². The summed E-state index contributed by atoms with van der Waals surface area (Å²) in [6, 6.07) is 0. The van der Waals surface area contributed by atoms with E-state index >= 15 is 0 Å². The van der Waals surface area contributed by atoms with E-state index in [1.165, 1.54) is 77.0 Å². The molecular weight excluding hydrogens is 717 g/mol. The van der Waals surface area contributed by atoms with E-state index in [2.05, 4.69) is 47.6 Å². The number of esters is 1. The maximum Gasteiger partial charge on any atom is 0.397 e. The van der Waals surface area contributed by atoms with Gasteiger partial charge < -0.3 is 34.3 Å². The molecule has 4 N–H and O–H groups in total. The SMILES string of the molecule is CCCCCCC/C=C\C/C=C\C/C=C\CCCCCCCCCCCOCC(COC1OC(CO)C(O)C(OS(=O)(=O)O)C1O)OC(=O)CCCCC. The monoisotopic (exact) mass is 790 g/mol. The molecule has 1 aliphatic heterocycles. The van der Waals surface area contributed by atoms with Crippen molar-refractivity contribution in [2.45, 2.75) is 192 Å². The highest BCUT2D eigenvalue weighted by molar-refractivity contribution is 7.80. The summed E-state index contributed by atoms with van der Waals surface area (Å²) in [7, 11) is -5.05. The number of ether oxygens (including phenoxy) is 4. The molecule has 0 radical (unpaired) electrons. The highest BCUT2D eigenvalue weighted by atomic mass is 32.3. The molecule has 1 aliphatic rings. The summed E-state index contributed by atoms with van der Waals surface area (Å²) in [5.74, 6) is -0.427. The van der Waals surface area contributed by atoms with Crippen LogP contribution in [0, 0.1) is 0 Å². The van der Waals surface area contributed by atoms with E-state index in [1.54, 1.807) is 0 Å². The van der Waals surface area contributed by atoms with E-state index in [0.29, 0.717) is 13.0 Å². The summed E-state index contributed by atoms with van der Waals surface area (Å²) in [6.45, 7) is 3.75. The normalized spacial score (nSPS) is 21.5. The van der Waals surface area contributed by atoms with Crippen LogP contribution in [0.15, 0.2) is 36.5 Å². The summed E-state index contributed by atoms with van der Waals surface area (Å²) in [5.41, 5.74) is 0. The van der Waals surface area contributed by atoms with Gasteiger partial charge in [-0.05, 0) is 51.4 Å². The van der Waals surface area contributed by atoms with Gasteiger partial charge in [-0.15, -0.1) is 0 Å². The molecule has 1 fully saturated rings. The molecule has 0 bridgehead atoms. The van der Waals surface area contributed by atoms with Gasteiger partial charge in [-0.25, -0.2) is 4.18 Å². The van der Waals surface area contributed by atoms with Crippen molar-refractivity contribution in [3.8, 4) is 0 Å². The molecule has 12 nitrogen and oxygen atoms in total. The molecule has 54 heavy (non-hydrogen) atoms. The standard InChI is InChI=1S/C41H74O12S/c1-3-5-7-8-9-10-11-12-13-14-15-16-17-18-19-20-21-22-23-24-25-26-27-29-31-49-33-35(51-37(43)30-28-6-4-2)34-50-41-39(45)40(53-54(46,47)48)38(44)36(32-42)52-41/h11-12,14-15,17-18,35-36,38-42,44-45H,3-10,13,16,19-34H2,1-2H3,(H,46,47,48)/b12-11-,15-14-,18-17-. The highest BCUT2D eigenvalue weighted by Gasteiger charge is 2.48. The van der Waals surface area contributed by atoms with Crippen LogP contribution >= 0.6 is 0 Å². The molecule has 0 aromatic rings. The lowest BCUT2D eigenvalue weighted by Crippen LogP contribution is -2.60. The Labute approximate surface area is 326 Å². The van der Waals surface area contributed by atoms with Gasteiger partial charge in [-0.3, -0.25) is 9.35 Å². The van der Waals surface area contributed by atoms with Gasteiger partial charge in [-0.2, -0.15) is 8.42 Å². The fraction of sp³-hybridized carbons (Fsp3) is 0.829. The Morgan fingerprint density at radius 3 is 1.78 bits per heavy atom. The van der Waals surface area contributed by atoms with Gasteiger partial charge >= 0.3 is 16.4 Å². The Hall–Kier alpha value is -1.68. The number of allylic oxidation sites excluding steroid dienone is 6. The fourth-order valence-corrected chi connectivity index (χ4v) is 6.60. The topological polar surface area (TPSA) is 178 Å². The second-order valence-electron chi connectivity index (χ2n) is 14.2. The quantitative estimate of drug-likeness (QED) is 0.0212. The second kappa shape index (κ2) is 33.5. The number of carbonyl (C=O) groups is 1. The van der Waals surface area contributed by atoms with Crippen LogP contribution in [0.2, 0.25) is 0 Å². The van der Waals surface area contributed by atoms with Crippen molar-refractivity contribution < 1.29 is 56.2 Å². The van der Waals surface area contributed by atoms with Crippen LogP contribution in [0.4, 0.5) is 0 Å². The summed E-state index contributed by atoms with van der Waals surface area (Å²) >= 11 is 0. The molecule has 0 aliphatic carbocycles. The van der Waals surface area contributed by atoms with Gasteiger partial charge in [0.15, 0.2) is 6.29 Å². The minimum atomic E-state index is -5.05. The molecule has 1 saturated heterocycles. The molecule has 1 rings (SSSR count). The van der Waals surface area contributed by atoms with Crippen molar-refractivity contribution in [1.29, 1.82) is 0 Å². The predicted octanol–water partition coefficient (Wildman–Crippen LogP) is 7.85. The van der Waals surface area contributed by atoms with Crippen LogP contribution in [0.5, 0.6) is 0 Å². The van der Waals surface area contributed by atoms with Crippen LogP contribution in [-0.2, 0) is 38.3 Å². The number of aliphatic hydroxyl groups is 3. The third-order valence-corrected chi connectivity index (χ3v) is 9.73. The van der Waals surface area contributed by atoms with Gasteiger partial charge in [0.25, 0.3) is 0 Å². The molecule has 316 valence electrons. The van der Waals surface area contributed by atoms with E-state index in [9.17, 15) is 28.5 Å². The lowest BCUT2D eigenvalue weighted by Gasteiger charge is -2.41. The molecule has 6 unspecified atom stereocenters. The van der Waals surface area contributed by atoms with E-state index in [4.69, 9.17) is 23.5 Å².